The van der Waals surface area contributed by atoms with E-state index in [0.29, 0.717) is 11.6 Å². The number of hydrogen-bond donors (Lipinski definition) is 0. The Morgan fingerprint density at radius 1 is 0.920 bits per heavy atom. The minimum atomic E-state index is -0.0380. The van der Waals surface area contributed by atoms with Gasteiger partial charge in [-0.2, -0.15) is 4.73 Å². The number of thioether (sulfide) groups is 1. The van der Waals surface area contributed by atoms with Crippen LogP contribution in [0.5, 0.6) is 0 Å². The second-order valence-corrected chi connectivity index (χ2v) is 6.45. The third-order valence-corrected chi connectivity index (χ3v) is 4.69. The lowest BCUT2D eigenvalue weighted by Gasteiger charge is -2.23. The van der Waals surface area contributed by atoms with E-state index in [4.69, 9.17) is 0 Å². The molecule has 126 valence electrons. The zero-order valence-electron chi connectivity index (χ0n) is 13.6. The van der Waals surface area contributed by atoms with Gasteiger partial charge in [-0.1, -0.05) is 48.5 Å². The summed E-state index contributed by atoms with van der Waals surface area (Å²) in [5.74, 6) is 0.164. The van der Waals surface area contributed by atoms with Gasteiger partial charge in [0.15, 0.2) is 6.20 Å². The Kier molecular flexibility index (Phi) is 5.69. The van der Waals surface area contributed by atoms with E-state index in [-0.39, 0.29) is 11.7 Å². The normalized spacial score (nSPS) is 10.4. The molecule has 0 N–H and O–H groups in total. The van der Waals surface area contributed by atoms with E-state index in [1.54, 1.807) is 23.1 Å². The van der Waals surface area contributed by atoms with Crippen molar-refractivity contribution >= 4 is 23.4 Å². The van der Waals surface area contributed by atoms with Crippen molar-refractivity contribution in [3.63, 3.8) is 0 Å². The first kappa shape index (κ1) is 17.0. The summed E-state index contributed by atoms with van der Waals surface area (Å²) in [6.07, 6.45) is 1.44. The highest BCUT2D eigenvalue weighted by Gasteiger charge is 2.18. The first-order valence-corrected chi connectivity index (χ1v) is 8.93. The minimum absolute atomic E-state index is 0.0380. The molecule has 3 rings (SSSR count). The summed E-state index contributed by atoms with van der Waals surface area (Å²) in [6.45, 7) is 0.496. The Bertz CT molecular complexity index is 825. The smallest absolute Gasteiger partial charge is 0.251 e. The van der Waals surface area contributed by atoms with Crippen LogP contribution in [0.3, 0.4) is 0 Å². The lowest BCUT2D eigenvalue weighted by atomic mass is 10.2. The number of benzene rings is 2. The molecule has 0 bridgehead atoms. The summed E-state index contributed by atoms with van der Waals surface area (Å²) in [7, 11) is 0. The predicted octanol–water partition coefficient (Wildman–Crippen LogP) is 3.65. The number of anilines is 1. The Hall–Kier alpha value is -2.79. The number of pyridine rings is 1. The maximum atomic E-state index is 12.8. The summed E-state index contributed by atoms with van der Waals surface area (Å²) in [4.78, 5) is 14.6. The maximum Gasteiger partial charge on any atom is 0.251 e. The van der Waals surface area contributed by atoms with Crippen LogP contribution in [0.4, 0.5) is 5.69 Å². The van der Waals surface area contributed by atoms with Gasteiger partial charge in [-0.15, -0.1) is 0 Å². The number of rotatable bonds is 6. The molecule has 0 saturated carbocycles. The average Bonchev–Trinajstić information content (AvgIpc) is 2.67. The van der Waals surface area contributed by atoms with Crippen LogP contribution in [0.2, 0.25) is 0 Å². The summed E-state index contributed by atoms with van der Waals surface area (Å²) >= 11 is 1.25. The summed E-state index contributed by atoms with van der Waals surface area (Å²) < 4.78 is 0.780. The van der Waals surface area contributed by atoms with Crippen LogP contribution in [-0.4, -0.2) is 11.7 Å². The monoisotopic (exact) mass is 350 g/mol. The van der Waals surface area contributed by atoms with Gasteiger partial charge in [-0.05, 0) is 35.5 Å². The van der Waals surface area contributed by atoms with E-state index in [0.717, 1.165) is 16.0 Å². The van der Waals surface area contributed by atoms with Crippen molar-refractivity contribution in [3.05, 3.63) is 95.8 Å². The van der Waals surface area contributed by atoms with Gasteiger partial charge >= 0.3 is 0 Å². The van der Waals surface area contributed by atoms with Crippen molar-refractivity contribution in [3.8, 4) is 0 Å². The van der Waals surface area contributed by atoms with E-state index in [9.17, 15) is 10.0 Å². The molecular weight excluding hydrogens is 332 g/mol. The average molecular weight is 350 g/mol. The van der Waals surface area contributed by atoms with Crippen molar-refractivity contribution in [1.29, 1.82) is 0 Å². The van der Waals surface area contributed by atoms with Gasteiger partial charge in [0.2, 0.25) is 5.91 Å². The molecule has 2 aromatic carbocycles. The van der Waals surface area contributed by atoms with Crippen LogP contribution in [0.15, 0.2) is 90.1 Å². The molecule has 5 heteroatoms. The van der Waals surface area contributed by atoms with Crippen LogP contribution in [-0.2, 0) is 11.3 Å². The van der Waals surface area contributed by atoms with Crippen LogP contribution in [0.1, 0.15) is 5.56 Å². The minimum Gasteiger partial charge on any atom is -0.618 e. The fraction of sp³-hybridized carbons (Fsp3) is 0.100. The molecule has 0 aliphatic heterocycles. The molecule has 25 heavy (non-hydrogen) atoms. The number of carbonyl (C=O) groups is 1. The molecular formula is C20H18N2O2S. The lowest BCUT2D eigenvalue weighted by molar-refractivity contribution is -0.645. The van der Waals surface area contributed by atoms with Crippen LogP contribution in [0, 0.1) is 5.21 Å². The number of carbonyl (C=O) groups excluding carboxylic acids is 1. The number of amides is 1. The quantitative estimate of drug-likeness (QED) is 0.387. The van der Waals surface area contributed by atoms with Gasteiger partial charge in [0.1, 0.15) is 0 Å². The number of hydrogen-bond acceptors (Lipinski definition) is 3. The first-order valence-electron chi connectivity index (χ1n) is 7.94. The van der Waals surface area contributed by atoms with Gasteiger partial charge in [0, 0.05) is 17.8 Å². The molecule has 0 saturated heterocycles. The Morgan fingerprint density at radius 3 is 2.24 bits per heavy atom. The zero-order valence-corrected chi connectivity index (χ0v) is 14.4. The number of aromatic nitrogens is 1. The molecule has 1 heterocycles. The van der Waals surface area contributed by atoms with Crippen LogP contribution >= 0.6 is 11.8 Å². The summed E-state index contributed by atoms with van der Waals surface area (Å²) in [5.41, 5.74) is 1.91. The van der Waals surface area contributed by atoms with Gasteiger partial charge in [-0.3, -0.25) is 4.79 Å². The molecule has 0 aliphatic rings. The molecule has 0 radical (unpaired) electrons. The van der Waals surface area contributed by atoms with E-state index in [1.807, 2.05) is 60.7 Å². The highest BCUT2D eigenvalue weighted by atomic mass is 32.2. The Morgan fingerprint density at radius 2 is 1.56 bits per heavy atom. The fourth-order valence-electron chi connectivity index (χ4n) is 2.44. The van der Waals surface area contributed by atoms with Crippen molar-refractivity contribution in [2.24, 2.45) is 0 Å². The zero-order chi connectivity index (χ0) is 17.5. The highest BCUT2D eigenvalue weighted by molar-refractivity contribution is 7.99. The molecule has 0 spiro atoms. The molecule has 0 fully saturated rings. The van der Waals surface area contributed by atoms with E-state index in [1.165, 1.54) is 18.0 Å². The van der Waals surface area contributed by atoms with Gasteiger partial charge in [0.25, 0.3) is 5.03 Å². The molecule has 0 unspecified atom stereocenters. The maximum absolute atomic E-state index is 12.8. The topological polar surface area (TPSA) is 47.2 Å². The third kappa shape index (κ3) is 4.61. The van der Waals surface area contributed by atoms with Gasteiger partial charge in [0.05, 0.1) is 12.3 Å². The number of para-hydroxylation sites is 1. The van der Waals surface area contributed by atoms with Crippen molar-refractivity contribution in [1.82, 2.24) is 0 Å². The predicted molar refractivity (Wildman–Crippen MR) is 100 cm³/mol. The second kappa shape index (κ2) is 8.35. The standard InChI is InChI=1S/C20H18N2O2S/c23-19(16-25-20-13-7-8-14-22(20)24)21(18-11-5-2-6-12-18)15-17-9-3-1-4-10-17/h1-14H,15-16H2. The van der Waals surface area contributed by atoms with Crippen LogP contribution < -0.4 is 9.63 Å². The largest absolute Gasteiger partial charge is 0.618 e. The third-order valence-electron chi connectivity index (χ3n) is 3.68. The van der Waals surface area contributed by atoms with Gasteiger partial charge in [-0.25, -0.2) is 0 Å². The van der Waals surface area contributed by atoms with E-state index in [2.05, 4.69) is 0 Å². The van der Waals surface area contributed by atoms with Gasteiger partial charge < -0.3 is 10.1 Å². The first-order chi connectivity index (χ1) is 12.2. The molecule has 0 aliphatic carbocycles. The molecule has 0 atom stereocenters. The fourth-order valence-corrected chi connectivity index (χ4v) is 3.23. The Balaban J connectivity index is 1.76. The molecule has 3 aromatic rings. The molecule has 1 amide bonds. The van der Waals surface area contributed by atoms with E-state index < -0.39 is 0 Å². The lowest BCUT2D eigenvalue weighted by Crippen LogP contribution is -2.33. The molecule has 4 nitrogen and oxygen atoms in total. The summed E-state index contributed by atoms with van der Waals surface area (Å²) in [6, 6.07) is 24.6. The number of nitrogens with zero attached hydrogens (tertiary/aromatic N) is 2. The van der Waals surface area contributed by atoms with Crippen LogP contribution in [0.25, 0.3) is 0 Å². The highest BCUT2D eigenvalue weighted by Crippen LogP contribution is 2.20. The van der Waals surface area contributed by atoms with Crippen molar-refractivity contribution in [2.45, 2.75) is 11.6 Å². The SMILES string of the molecule is O=C(CSc1cccc[n+]1[O-])N(Cc1ccccc1)c1ccccc1. The Labute approximate surface area is 151 Å². The molecule has 1 aromatic heterocycles. The van der Waals surface area contributed by atoms with Crippen molar-refractivity contribution < 1.29 is 9.52 Å². The van der Waals surface area contributed by atoms with E-state index >= 15 is 0 Å². The second-order valence-electron chi connectivity index (χ2n) is 5.45. The van der Waals surface area contributed by atoms with Crippen molar-refractivity contribution in [2.75, 3.05) is 10.7 Å². The summed E-state index contributed by atoms with van der Waals surface area (Å²) in [5, 5.41) is 12.3.